The Hall–Kier alpha value is -0.0431. The molecule has 0 saturated carbocycles. The zero-order chi connectivity index (χ0) is 11.0. The van der Waals surface area contributed by atoms with Gasteiger partial charge in [-0.15, -0.1) is 0 Å². The molecule has 0 aliphatic heterocycles. The fraction of sp³-hybridized carbons (Fsp3) is 0.846. The van der Waals surface area contributed by atoms with Crippen molar-refractivity contribution in [2.75, 3.05) is 0 Å². The van der Waals surface area contributed by atoms with Crippen LogP contribution in [0.2, 0.25) is 11.1 Å². The van der Waals surface area contributed by atoms with Crippen molar-refractivity contribution >= 4 is 8.80 Å². The lowest BCUT2D eigenvalue weighted by atomic mass is 10.2. The molecule has 0 heterocycles. The first-order chi connectivity index (χ1) is 6.59. The summed E-state index contributed by atoms with van der Waals surface area (Å²) in [5, 5.41) is 0. The lowest BCUT2D eigenvalue weighted by Crippen LogP contribution is -2.18. The maximum atomic E-state index is 2.54. The molecule has 0 saturated heterocycles. The van der Waals surface area contributed by atoms with E-state index in [2.05, 4.69) is 46.4 Å². The molecule has 0 aromatic heterocycles. The van der Waals surface area contributed by atoms with Crippen LogP contribution in [0.3, 0.4) is 0 Å². The van der Waals surface area contributed by atoms with Crippen LogP contribution >= 0.6 is 0 Å². The second-order valence-corrected chi connectivity index (χ2v) is 8.35. The molecule has 14 heavy (non-hydrogen) atoms. The molecule has 0 aliphatic carbocycles. The summed E-state index contributed by atoms with van der Waals surface area (Å²) >= 11 is 0. The molecule has 0 unspecified atom stereocenters. The van der Waals surface area contributed by atoms with Gasteiger partial charge < -0.3 is 0 Å². The Bertz CT molecular complexity index is 139. The van der Waals surface area contributed by atoms with E-state index in [-0.39, 0.29) is 8.80 Å². The highest BCUT2D eigenvalue weighted by molar-refractivity contribution is 6.66. The van der Waals surface area contributed by atoms with Crippen molar-refractivity contribution in [1.29, 1.82) is 0 Å². The van der Waals surface area contributed by atoms with Crippen molar-refractivity contribution in [3.05, 3.63) is 11.8 Å². The van der Waals surface area contributed by atoms with E-state index in [0.29, 0.717) is 0 Å². The van der Waals surface area contributed by atoms with Gasteiger partial charge in [0.2, 0.25) is 0 Å². The average Bonchev–Trinajstić information content (AvgIpc) is 2.09. The summed E-state index contributed by atoms with van der Waals surface area (Å²) in [5.41, 5.74) is 4.29. The predicted octanol–water partition coefficient (Wildman–Crippen LogP) is 4.98. The lowest BCUT2D eigenvalue weighted by Gasteiger charge is -2.18. The van der Waals surface area contributed by atoms with E-state index in [0.717, 1.165) is 11.1 Å². The van der Waals surface area contributed by atoms with E-state index < -0.39 is 0 Å². The van der Waals surface area contributed by atoms with Crippen LogP contribution in [0.15, 0.2) is 11.8 Å². The summed E-state index contributed by atoms with van der Waals surface area (Å²) in [6.45, 7) is 11.7. The van der Waals surface area contributed by atoms with Crippen LogP contribution in [0.25, 0.3) is 0 Å². The Kier molecular flexibility index (Phi) is 8.25. The normalized spacial score (nSPS) is 12.6. The highest BCUT2D eigenvalue weighted by Gasteiger charge is 2.15. The number of rotatable bonds is 7. The summed E-state index contributed by atoms with van der Waals surface area (Å²) in [6.07, 6.45) is 7.82. The van der Waals surface area contributed by atoms with Gasteiger partial charge in [-0.3, -0.25) is 0 Å². The third-order valence-corrected chi connectivity index (χ3v) is 5.91. The van der Waals surface area contributed by atoms with Gasteiger partial charge in [-0.2, -0.15) is 0 Å². The molecule has 0 fully saturated rings. The third-order valence-electron chi connectivity index (χ3n) is 2.62. The summed E-state index contributed by atoms with van der Waals surface area (Å²) in [5.74, 6) is 0. The highest BCUT2D eigenvalue weighted by atomic mass is 28.3. The standard InChI is InChI=1S/C13H27Si/c1-6-7-8-9-10-11-14(12(2)3)13(4)5/h10-13H,6-9H2,1-5H3. The number of allylic oxidation sites excluding steroid dienone is 1. The second kappa shape index (κ2) is 8.28. The van der Waals surface area contributed by atoms with Gasteiger partial charge in [0.1, 0.15) is 0 Å². The molecule has 0 amide bonds. The molecular formula is C13H27Si. The first kappa shape index (κ1) is 14.0. The maximum Gasteiger partial charge on any atom is 0.0807 e. The largest absolute Gasteiger partial charge is 0.0995 e. The summed E-state index contributed by atoms with van der Waals surface area (Å²) in [7, 11) is -0.246. The van der Waals surface area contributed by atoms with Gasteiger partial charge in [-0.25, -0.2) is 0 Å². The van der Waals surface area contributed by atoms with Gasteiger partial charge in [-0.1, -0.05) is 59.2 Å². The van der Waals surface area contributed by atoms with Crippen molar-refractivity contribution in [2.24, 2.45) is 0 Å². The monoisotopic (exact) mass is 211 g/mol. The van der Waals surface area contributed by atoms with Gasteiger partial charge in [0.25, 0.3) is 0 Å². The van der Waals surface area contributed by atoms with Crippen LogP contribution in [0, 0.1) is 0 Å². The Balaban J connectivity index is 3.79. The summed E-state index contributed by atoms with van der Waals surface area (Å²) < 4.78 is 0. The maximum absolute atomic E-state index is 2.54. The zero-order valence-corrected chi connectivity index (χ0v) is 11.6. The molecule has 0 bridgehead atoms. The minimum atomic E-state index is -0.246. The Morgan fingerprint density at radius 1 is 1.00 bits per heavy atom. The minimum Gasteiger partial charge on any atom is -0.0995 e. The second-order valence-electron chi connectivity index (χ2n) is 4.71. The zero-order valence-electron chi connectivity index (χ0n) is 10.6. The SMILES string of the molecule is CCCCCC=C[Si](C(C)C)C(C)C. The topological polar surface area (TPSA) is 0 Å². The summed E-state index contributed by atoms with van der Waals surface area (Å²) in [4.78, 5) is 0. The van der Waals surface area contributed by atoms with Crippen LogP contribution in [-0.4, -0.2) is 8.80 Å². The highest BCUT2D eigenvalue weighted by Crippen LogP contribution is 2.21. The van der Waals surface area contributed by atoms with Crippen molar-refractivity contribution in [2.45, 2.75) is 71.4 Å². The van der Waals surface area contributed by atoms with Crippen LogP contribution in [0.1, 0.15) is 60.3 Å². The van der Waals surface area contributed by atoms with Crippen molar-refractivity contribution in [3.8, 4) is 0 Å². The van der Waals surface area contributed by atoms with E-state index in [1.165, 1.54) is 25.7 Å². The predicted molar refractivity (Wildman–Crippen MR) is 69.2 cm³/mol. The van der Waals surface area contributed by atoms with Crippen molar-refractivity contribution < 1.29 is 0 Å². The van der Waals surface area contributed by atoms with E-state index in [4.69, 9.17) is 0 Å². The van der Waals surface area contributed by atoms with Crippen LogP contribution in [-0.2, 0) is 0 Å². The molecule has 0 N–H and O–H groups in total. The Labute approximate surface area is 92.4 Å². The number of hydrogen-bond donors (Lipinski definition) is 0. The molecule has 0 nitrogen and oxygen atoms in total. The molecule has 1 radical (unpaired) electrons. The fourth-order valence-corrected chi connectivity index (χ4v) is 4.33. The minimum absolute atomic E-state index is 0.246. The van der Waals surface area contributed by atoms with E-state index in [9.17, 15) is 0 Å². The van der Waals surface area contributed by atoms with Crippen LogP contribution in [0.4, 0.5) is 0 Å². The van der Waals surface area contributed by atoms with Gasteiger partial charge in [0.05, 0.1) is 8.80 Å². The molecule has 0 spiro atoms. The summed E-state index contributed by atoms with van der Waals surface area (Å²) in [6, 6.07) is 0. The Morgan fingerprint density at radius 2 is 1.57 bits per heavy atom. The van der Waals surface area contributed by atoms with Crippen LogP contribution in [0.5, 0.6) is 0 Å². The average molecular weight is 211 g/mol. The van der Waals surface area contributed by atoms with Crippen molar-refractivity contribution in [3.63, 3.8) is 0 Å². The first-order valence-electron chi connectivity index (χ1n) is 6.12. The quantitative estimate of drug-likeness (QED) is 0.412. The fourth-order valence-electron chi connectivity index (χ4n) is 1.78. The molecule has 0 aromatic carbocycles. The lowest BCUT2D eigenvalue weighted by molar-refractivity contribution is 0.729. The van der Waals surface area contributed by atoms with Gasteiger partial charge in [0.15, 0.2) is 0 Å². The number of hydrogen-bond acceptors (Lipinski definition) is 0. The smallest absolute Gasteiger partial charge is 0.0807 e. The van der Waals surface area contributed by atoms with Crippen molar-refractivity contribution in [1.82, 2.24) is 0 Å². The first-order valence-corrected chi connectivity index (χ1v) is 7.86. The van der Waals surface area contributed by atoms with E-state index in [1.807, 2.05) is 0 Å². The molecule has 0 aliphatic rings. The van der Waals surface area contributed by atoms with Gasteiger partial charge in [-0.05, 0) is 23.9 Å². The van der Waals surface area contributed by atoms with Gasteiger partial charge in [0, 0.05) is 0 Å². The van der Waals surface area contributed by atoms with E-state index in [1.54, 1.807) is 0 Å². The Morgan fingerprint density at radius 3 is 2.00 bits per heavy atom. The molecular weight excluding hydrogens is 184 g/mol. The molecule has 83 valence electrons. The van der Waals surface area contributed by atoms with Gasteiger partial charge >= 0.3 is 0 Å². The molecule has 0 rings (SSSR count). The third kappa shape index (κ3) is 6.42. The van der Waals surface area contributed by atoms with Crippen LogP contribution < -0.4 is 0 Å². The molecule has 1 heteroatoms. The molecule has 0 atom stereocenters. The molecule has 0 aromatic rings. The number of unbranched alkanes of at least 4 members (excludes halogenated alkanes) is 3. The van der Waals surface area contributed by atoms with E-state index >= 15 is 0 Å².